The summed E-state index contributed by atoms with van der Waals surface area (Å²) in [5.74, 6) is 0.731. The number of para-hydroxylation sites is 1. The third kappa shape index (κ3) is 2.72. The van der Waals surface area contributed by atoms with Gasteiger partial charge in [-0.15, -0.1) is 11.3 Å². The van der Waals surface area contributed by atoms with Crippen LogP contribution in [0, 0.1) is 11.8 Å². The van der Waals surface area contributed by atoms with Crippen molar-refractivity contribution < 1.29 is 4.79 Å². The second kappa shape index (κ2) is 4.96. The molecule has 0 aliphatic carbocycles. The molecule has 0 bridgehead atoms. The maximum atomic E-state index is 11.6. The van der Waals surface area contributed by atoms with Gasteiger partial charge in [-0.1, -0.05) is 26.0 Å². The van der Waals surface area contributed by atoms with Gasteiger partial charge in [0.1, 0.15) is 5.78 Å². The lowest BCUT2D eigenvalue weighted by atomic mass is 9.89. The fourth-order valence-corrected chi connectivity index (χ4v) is 3.07. The first kappa shape index (κ1) is 12.2. The third-order valence-corrected chi connectivity index (χ3v) is 4.12. The van der Waals surface area contributed by atoms with E-state index in [1.807, 2.05) is 18.2 Å². The van der Waals surface area contributed by atoms with Crippen LogP contribution in [-0.4, -0.2) is 10.8 Å². The zero-order valence-corrected chi connectivity index (χ0v) is 11.3. The molecular formula is C14H17NOS. The van der Waals surface area contributed by atoms with Crippen LogP contribution in [0.4, 0.5) is 0 Å². The fraction of sp³-hybridized carbons (Fsp3) is 0.429. The summed E-state index contributed by atoms with van der Waals surface area (Å²) in [7, 11) is 0. The summed E-state index contributed by atoms with van der Waals surface area (Å²) in [4.78, 5) is 16.2. The van der Waals surface area contributed by atoms with Crippen molar-refractivity contribution in [2.24, 2.45) is 11.8 Å². The van der Waals surface area contributed by atoms with Crippen molar-refractivity contribution >= 4 is 27.3 Å². The van der Waals surface area contributed by atoms with E-state index in [0.717, 1.165) is 16.9 Å². The van der Waals surface area contributed by atoms with Crippen LogP contribution in [0.15, 0.2) is 24.3 Å². The molecule has 0 saturated heterocycles. The van der Waals surface area contributed by atoms with E-state index in [9.17, 15) is 4.79 Å². The summed E-state index contributed by atoms with van der Waals surface area (Å²) in [6.45, 7) is 5.87. The second-order valence-corrected chi connectivity index (χ2v) is 5.86. The number of carbonyl (C=O) groups is 1. The minimum Gasteiger partial charge on any atom is -0.300 e. The number of hydrogen-bond acceptors (Lipinski definition) is 3. The van der Waals surface area contributed by atoms with Gasteiger partial charge in [0.2, 0.25) is 0 Å². The highest BCUT2D eigenvalue weighted by atomic mass is 32.1. The standard InChI is InChI=1S/C14H17NOS/c1-9(2)11(10(3)16)8-14-15-12-6-4-5-7-13(12)17-14/h4-7,9,11H,8H2,1-3H3. The number of aromatic nitrogens is 1. The molecule has 0 fully saturated rings. The van der Waals surface area contributed by atoms with Crippen LogP contribution in [0.25, 0.3) is 10.2 Å². The van der Waals surface area contributed by atoms with Gasteiger partial charge in [0, 0.05) is 12.3 Å². The Morgan fingerprint density at radius 3 is 2.65 bits per heavy atom. The molecule has 1 heterocycles. The van der Waals surface area contributed by atoms with Crippen LogP contribution < -0.4 is 0 Å². The minimum atomic E-state index is 0.0931. The van der Waals surface area contributed by atoms with Crippen molar-refractivity contribution in [3.05, 3.63) is 29.3 Å². The molecule has 0 amide bonds. The van der Waals surface area contributed by atoms with Gasteiger partial charge in [0.15, 0.2) is 0 Å². The second-order valence-electron chi connectivity index (χ2n) is 4.74. The van der Waals surface area contributed by atoms with Crippen LogP contribution in [-0.2, 0) is 11.2 Å². The molecule has 2 aromatic rings. The molecule has 0 saturated carbocycles. The first-order valence-electron chi connectivity index (χ1n) is 5.93. The molecule has 17 heavy (non-hydrogen) atoms. The van der Waals surface area contributed by atoms with E-state index >= 15 is 0 Å². The predicted molar refractivity (Wildman–Crippen MR) is 72.3 cm³/mol. The number of benzene rings is 1. The van der Waals surface area contributed by atoms with Gasteiger partial charge in [-0.05, 0) is 25.0 Å². The van der Waals surface area contributed by atoms with Crippen molar-refractivity contribution in [3.8, 4) is 0 Å². The van der Waals surface area contributed by atoms with E-state index < -0.39 is 0 Å². The first-order valence-corrected chi connectivity index (χ1v) is 6.74. The highest BCUT2D eigenvalue weighted by Crippen LogP contribution is 2.26. The number of thiazole rings is 1. The Balaban J connectivity index is 2.25. The fourth-order valence-electron chi connectivity index (χ4n) is 2.04. The smallest absolute Gasteiger partial charge is 0.133 e. The van der Waals surface area contributed by atoms with Gasteiger partial charge in [0.25, 0.3) is 0 Å². The van der Waals surface area contributed by atoms with Gasteiger partial charge < -0.3 is 0 Å². The van der Waals surface area contributed by atoms with E-state index in [4.69, 9.17) is 0 Å². The Labute approximate surface area is 106 Å². The molecule has 1 aromatic heterocycles. The molecule has 0 aliphatic rings. The van der Waals surface area contributed by atoms with Crippen molar-refractivity contribution in [2.75, 3.05) is 0 Å². The van der Waals surface area contributed by atoms with E-state index in [0.29, 0.717) is 5.92 Å². The SMILES string of the molecule is CC(=O)C(Cc1nc2ccccc2s1)C(C)C. The van der Waals surface area contributed by atoms with Crippen molar-refractivity contribution in [1.29, 1.82) is 0 Å². The number of fused-ring (bicyclic) bond motifs is 1. The molecule has 1 aromatic carbocycles. The zero-order chi connectivity index (χ0) is 12.4. The monoisotopic (exact) mass is 247 g/mol. The number of carbonyl (C=O) groups excluding carboxylic acids is 1. The first-order chi connectivity index (χ1) is 8.08. The van der Waals surface area contributed by atoms with Crippen LogP contribution in [0.5, 0.6) is 0 Å². The Morgan fingerprint density at radius 1 is 1.35 bits per heavy atom. The van der Waals surface area contributed by atoms with Gasteiger partial charge in [0.05, 0.1) is 15.2 Å². The van der Waals surface area contributed by atoms with Crippen molar-refractivity contribution in [2.45, 2.75) is 27.2 Å². The summed E-state index contributed by atoms with van der Waals surface area (Å²) < 4.78 is 1.20. The summed E-state index contributed by atoms with van der Waals surface area (Å²) in [6, 6.07) is 8.12. The average Bonchev–Trinajstić information content (AvgIpc) is 2.67. The molecule has 0 N–H and O–H groups in total. The van der Waals surface area contributed by atoms with Crippen molar-refractivity contribution in [1.82, 2.24) is 4.98 Å². The molecule has 90 valence electrons. The Bertz CT molecular complexity index is 497. The van der Waals surface area contributed by atoms with E-state index in [-0.39, 0.29) is 11.7 Å². The molecule has 1 atom stereocenters. The van der Waals surface area contributed by atoms with Crippen molar-refractivity contribution in [3.63, 3.8) is 0 Å². The zero-order valence-electron chi connectivity index (χ0n) is 10.4. The lowest BCUT2D eigenvalue weighted by Crippen LogP contribution is -2.19. The summed E-state index contributed by atoms with van der Waals surface area (Å²) in [5.41, 5.74) is 1.04. The van der Waals surface area contributed by atoms with E-state index in [1.54, 1.807) is 18.3 Å². The summed E-state index contributed by atoms with van der Waals surface area (Å²) in [6.07, 6.45) is 0.770. The number of ketones is 1. The molecule has 0 aliphatic heterocycles. The van der Waals surface area contributed by atoms with E-state index in [2.05, 4.69) is 24.9 Å². The van der Waals surface area contributed by atoms with Gasteiger partial charge in [-0.25, -0.2) is 4.98 Å². The van der Waals surface area contributed by atoms with Gasteiger partial charge in [-0.3, -0.25) is 4.79 Å². The van der Waals surface area contributed by atoms with Gasteiger partial charge in [-0.2, -0.15) is 0 Å². The number of Topliss-reactive ketones (excluding diaryl/α,β-unsaturated/α-hetero) is 1. The third-order valence-electron chi connectivity index (χ3n) is 3.06. The number of hydrogen-bond donors (Lipinski definition) is 0. The summed E-state index contributed by atoms with van der Waals surface area (Å²) >= 11 is 1.70. The molecule has 0 spiro atoms. The normalized spacial score (nSPS) is 13.2. The molecule has 3 heteroatoms. The average molecular weight is 247 g/mol. The van der Waals surface area contributed by atoms with Crippen LogP contribution in [0.1, 0.15) is 25.8 Å². The number of rotatable bonds is 4. The lowest BCUT2D eigenvalue weighted by molar-refractivity contribution is -0.121. The molecule has 2 rings (SSSR count). The molecular weight excluding hydrogens is 230 g/mol. The highest BCUT2D eigenvalue weighted by molar-refractivity contribution is 7.18. The largest absolute Gasteiger partial charge is 0.300 e. The minimum absolute atomic E-state index is 0.0931. The van der Waals surface area contributed by atoms with Crippen LogP contribution in [0.2, 0.25) is 0 Å². The number of nitrogens with zero attached hydrogens (tertiary/aromatic N) is 1. The van der Waals surface area contributed by atoms with Crippen LogP contribution in [0.3, 0.4) is 0 Å². The maximum absolute atomic E-state index is 11.6. The molecule has 2 nitrogen and oxygen atoms in total. The van der Waals surface area contributed by atoms with Crippen LogP contribution >= 0.6 is 11.3 Å². The maximum Gasteiger partial charge on any atom is 0.133 e. The highest BCUT2D eigenvalue weighted by Gasteiger charge is 2.20. The summed E-state index contributed by atoms with van der Waals surface area (Å²) in [5, 5.41) is 1.07. The topological polar surface area (TPSA) is 30.0 Å². The van der Waals surface area contributed by atoms with E-state index in [1.165, 1.54) is 4.70 Å². The molecule has 0 radical (unpaired) electrons. The lowest BCUT2D eigenvalue weighted by Gasteiger charge is -2.15. The Morgan fingerprint density at radius 2 is 2.06 bits per heavy atom. The Hall–Kier alpha value is -1.22. The van der Waals surface area contributed by atoms with Gasteiger partial charge >= 0.3 is 0 Å². The molecule has 1 unspecified atom stereocenters. The quantitative estimate of drug-likeness (QED) is 0.824. The Kier molecular flexibility index (Phi) is 3.57. The predicted octanol–water partition coefficient (Wildman–Crippen LogP) is 3.70.